The van der Waals surface area contributed by atoms with Crippen LogP contribution >= 0.6 is 0 Å². The fourth-order valence-electron chi connectivity index (χ4n) is 2.05. The lowest BCUT2D eigenvalue weighted by Crippen LogP contribution is -1.94. The highest BCUT2D eigenvalue weighted by atomic mass is 19.1. The predicted molar refractivity (Wildman–Crippen MR) is 77.3 cm³/mol. The van der Waals surface area contributed by atoms with Crippen molar-refractivity contribution in [2.75, 3.05) is 5.73 Å². The van der Waals surface area contributed by atoms with Crippen molar-refractivity contribution >= 4 is 16.6 Å². The van der Waals surface area contributed by atoms with E-state index >= 15 is 0 Å². The summed E-state index contributed by atoms with van der Waals surface area (Å²) in [6, 6.07) is 12.7. The van der Waals surface area contributed by atoms with Gasteiger partial charge in [-0.05, 0) is 42.5 Å². The summed E-state index contributed by atoms with van der Waals surface area (Å²) in [6.45, 7) is 0. The van der Waals surface area contributed by atoms with Crippen LogP contribution in [-0.4, -0.2) is 4.98 Å². The van der Waals surface area contributed by atoms with E-state index in [-0.39, 0.29) is 11.3 Å². The van der Waals surface area contributed by atoms with Crippen LogP contribution in [0.4, 0.5) is 10.1 Å². The van der Waals surface area contributed by atoms with Gasteiger partial charge in [0.05, 0.1) is 5.56 Å². The smallest absolute Gasteiger partial charge is 0.153 e. The summed E-state index contributed by atoms with van der Waals surface area (Å²) in [4.78, 5) is 4.25. The maximum atomic E-state index is 13.1. The SMILES string of the molecule is N#Cc1cc(F)ccc1Oc1ccc(N)c2cccnc12. The van der Waals surface area contributed by atoms with Gasteiger partial charge in [-0.15, -0.1) is 0 Å². The van der Waals surface area contributed by atoms with E-state index in [1.165, 1.54) is 12.1 Å². The normalized spacial score (nSPS) is 10.3. The number of ether oxygens (including phenoxy) is 1. The molecule has 1 aromatic heterocycles. The standard InChI is InChI=1S/C16H10FN3O/c17-11-3-5-14(10(8-11)9-18)21-15-6-4-13(19)12-2-1-7-20-16(12)15/h1-8H,19H2. The number of nitriles is 1. The molecule has 0 aliphatic heterocycles. The van der Waals surface area contributed by atoms with E-state index in [0.717, 1.165) is 11.5 Å². The zero-order chi connectivity index (χ0) is 14.8. The summed E-state index contributed by atoms with van der Waals surface area (Å²) >= 11 is 0. The number of aromatic nitrogens is 1. The largest absolute Gasteiger partial charge is 0.454 e. The molecule has 2 aromatic carbocycles. The number of rotatable bonds is 2. The minimum absolute atomic E-state index is 0.121. The van der Waals surface area contributed by atoms with Gasteiger partial charge >= 0.3 is 0 Å². The molecule has 0 unspecified atom stereocenters. The highest BCUT2D eigenvalue weighted by molar-refractivity contribution is 5.94. The first-order valence-electron chi connectivity index (χ1n) is 6.20. The van der Waals surface area contributed by atoms with Gasteiger partial charge in [-0.2, -0.15) is 5.26 Å². The van der Waals surface area contributed by atoms with Crippen molar-refractivity contribution in [3.05, 3.63) is 60.0 Å². The molecule has 3 aromatic rings. The number of nitrogens with zero attached hydrogens (tertiary/aromatic N) is 2. The zero-order valence-corrected chi connectivity index (χ0v) is 10.9. The van der Waals surface area contributed by atoms with E-state index in [4.69, 9.17) is 15.7 Å². The van der Waals surface area contributed by atoms with Gasteiger partial charge in [0.1, 0.15) is 23.2 Å². The number of pyridine rings is 1. The van der Waals surface area contributed by atoms with Gasteiger partial charge in [0.15, 0.2) is 5.75 Å². The topological polar surface area (TPSA) is 71.9 Å². The van der Waals surface area contributed by atoms with E-state index in [1.807, 2.05) is 12.1 Å². The molecule has 0 saturated heterocycles. The van der Waals surface area contributed by atoms with E-state index in [9.17, 15) is 4.39 Å². The summed E-state index contributed by atoms with van der Waals surface area (Å²) in [7, 11) is 0. The van der Waals surface area contributed by atoms with Crippen LogP contribution in [0.2, 0.25) is 0 Å². The first kappa shape index (κ1) is 12.9. The van der Waals surface area contributed by atoms with Crippen molar-refractivity contribution in [3.63, 3.8) is 0 Å². The van der Waals surface area contributed by atoms with Gasteiger partial charge in [-0.1, -0.05) is 0 Å². The second-order valence-electron chi connectivity index (χ2n) is 4.41. The van der Waals surface area contributed by atoms with E-state index in [1.54, 1.807) is 24.4 Å². The van der Waals surface area contributed by atoms with E-state index in [0.29, 0.717) is 17.0 Å². The third-order valence-corrected chi connectivity index (χ3v) is 3.05. The average Bonchev–Trinajstić information content (AvgIpc) is 2.52. The molecule has 0 atom stereocenters. The third-order valence-electron chi connectivity index (χ3n) is 3.05. The highest BCUT2D eigenvalue weighted by Gasteiger charge is 2.10. The number of halogens is 1. The van der Waals surface area contributed by atoms with Crippen molar-refractivity contribution in [1.29, 1.82) is 5.26 Å². The van der Waals surface area contributed by atoms with Crippen LogP contribution < -0.4 is 10.5 Å². The third kappa shape index (κ3) is 2.35. The van der Waals surface area contributed by atoms with Crippen LogP contribution in [0.3, 0.4) is 0 Å². The van der Waals surface area contributed by atoms with Crippen molar-refractivity contribution in [1.82, 2.24) is 4.98 Å². The molecule has 5 heteroatoms. The number of benzene rings is 2. The second kappa shape index (κ2) is 5.10. The fourth-order valence-corrected chi connectivity index (χ4v) is 2.05. The van der Waals surface area contributed by atoms with E-state index in [2.05, 4.69) is 4.98 Å². The van der Waals surface area contributed by atoms with Crippen LogP contribution in [0, 0.1) is 17.1 Å². The number of anilines is 1. The Morgan fingerprint density at radius 2 is 1.95 bits per heavy atom. The fraction of sp³-hybridized carbons (Fsp3) is 0. The number of fused-ring (bicyclic) bond motifs is 1. The molecule has 0 spiro atoms. The second-order valence-corrected chi connectivity index (χ2v) is 4.41. The van der Waals surface area contributed by atoms with Crippen molar-refractivity contribution in [3.8, 4) is 17.6 Å². The Bertz CT molecular complexity index is 871. The molecule has 2 N–H and O–H groups in total. The minimum Gasteiger partial charge on any atom is -0.454 e. The Morgan fingerprint density at radius 1 is 1.14 bits per heavy atom. The number of hydrogen-bond donors (Lipinski definition) is 1. The molecule has 0 aliphatic rings. The lowest BCUT2D eigenvalue weighted by atomic mass is 10.1. The van der Waals surface area contributed by atoms with Crippen molar-refractivity contribution in [2.24, 2.45) is 0 Å². The summed E-state index contributed by atoms with van der Waals surface area (Å²) in [5.41, 5.74) is 7.19. The van der Waals surface area contributed by atoms with Gasteiger partial charge in [0.25, 0.3) is 0 Å². The molecule has 0 fully saturated rings. The molecule has 4 nitrogen and oxygen atoms in total. The monoisotopic (exact) mass is 279 g/mol. The average molecular weight is 279 g/mol. The highest BCUT2D eigenvalue weighted by Crippen LogP contribution is 2.33. The Morgan fingerprint density at radius 3 is 2.76 bits per heavy atom. The summed E-state index contributed by atoms with van der Waals surface area (Å²) in [5.74, 6) is 0.248. The van der Waals surface area contributed by atoms with Crippen LogP contribution in [0.5, 0.6) is 11.5 Å². The molecule has 0 amide bonds. The van der Waals surface area contributed by atoms with E-state index < -0.39 is 5.82 Å². The molecule has 0 aliphatic carbocycles. The van der Waals surface area contributed by atoms with Crippen LogP contribution in [0.25, 0.3) is 10.9 Å². The Hall–Kier alpha value is -3.13. The van der Waals surface area contributed by atoms with Crippen LogP contribution in [0.15, 0.2) is 48.7 Å². The van der Waals surface area contributed by atoms with Gasteiger partial charge in [0, 0.05) is 17.3 Å². The van der Waals surface area contributed by atoms with Gasteiger partial charge in [-0.3, -0.25) is 4.98 Å². The molecule has 21 heavy (non-hydrogen) atoms. The number of hydrogen-bond acceptors (Lipinski definition) is 4. The lowest BCUT2D eigenvalue weighted by molar-refractivity contribution is 0.483. The number of nitrogen functional groups attached to an aromatic ring is 1. The minimum atomic E-state index is -0.487. The maximum absolute atomic E-state index is 13.1. The summed E-state index contributed by atoms with van der Waals surface area (Å²) in [6.07, 6.45) is 1.63. The first-order valence-corrected chi connectivity index (χ1v) is 6.20. The molecule has 1 heterocycles. The Balaban J connectivity index is 2.11. The number of nitrogens with two attached hydrogens (primary N) is 1. The predicted octanol–water partition coefficient (Wildman–Crippen LogP) is 3.62. The Kier molecular flexibility index (Phi) is 3.13. The molecule has 102 valence electrons. The maximum Gasteiger partial charge on any atom is 0.153 e. The molecule has 0 bridgehead atoms. The molecule has 0 saturated carbocycles. The molecule has 0 radical (unpaired) electrons. The van der Waals surface area contributed by atoms with Crippen LogP contribution in [0.1, 0.15) is 5.56 Å². The lowest BCUT2D eigenvalue weighted by Gasteiger charge is -2.10. The molecular formula is C16H10FN3O. The summed E-state index contributed by atoms with van der Waals surface area (Å²) in [5, 5.41) is 9.81. The molecular weight excluding hydrogens is 269 g/mol. The molecule has 3 rings (SSSR count). The van der Waals surface area contributed by atoms with Crippen molar-refractivity contribution < 1.29 is 9.13 Å². The van der Waals surface area contributed by atoms with Crippen LogP contribution in [-0.2, 0) is 0 Å². The van der Waals surface area contributed by atoms with Crippen molar-refractivity contribution in [2.45, 2.75) is 0 Å². The summed E-state index contributed by atoms with van der Waals surface area (Å²) < 4.78 is 18.9. The van der Waals surface area contributed by atoms with Gasteiger partial charge in [-0.25, -0.2) is 4.39 Å². The zero-order valence-electron chi connectivity index (χ0n) is 10.9. The van der Waals surface area contributed by atoms with Gasteiger partial charge in [0.2, 0.25) is 0 Å². The first-order chi connectivity index (χ1) is 10.2. The van der Waals surface area contributed by atoms with Gasteiger partial charge < -0.3 is 10.5 Å². The Labute approximate surface area is 120 Å². The quantitative estimate of drug-likeness (QED) is 0.727.